The Bertz CT molecular complexity index is 361. The molecule has 5 heteroatoms. The number of nitrogens with zero attached hydrogens (tertiary/aromatic N) is 1. The van der Waals surface area contributed by atoms with Gasteiger partial charge in [0.25, 0.3) is 0 Å². The van der Waals surface area contributed by atoms with Gasteiger partial charge in [-0.3, -0.25) is 4.57 Å². The van der Waals surface area contributed by atoms with E-state index >= 15 is 0 Å². The zero-order valence-corrected chi connectivity index (χ0v) is 10.9. The van der Waals surface area contributed by atoms with Gasteiger partial charge in [0.15, 0.2) is 0 Å². The Hall–Kier alpha value is -0.700. The largest absolute Gasteiger partial charge is 0.375 e. The van der Waals surface area contributed by atoms with Crippen molar-refractivity contribution >= 4 is 13.0 Å². The molecule has 1 aliphatic rings. The molecular formula is C11H18NO3P. The van der Waals surface area contributed by atoms with Crippen LogP contribution in [0, 0.1) is 0 Å². The molecule has 0 aromatic heterocycles. The maximum Gasteiger partial charge on any atom is 0.375 e. The number of hydrogen-bond donors (Lipinski definition) is 0. The van der Waals surface area contributed by atoms with E-state index in [1.54, 1.807) is 13.8 Å². The van der Waals surface area contributed by atoms with Gasteiger partial charge in [-0.1, -0.05) is 12.2 Å². The van der Waals surface area contributed by atoms with Gasteiger partial charge in [0.2, 0.25) is 0 Å². The molecule has 0 saturated heterocycles. The van der Waals surface area contributed by atoms with Crippen LogP contribution in [-0.4, -0.2) is 18.7 Å². The SMILES string of the molecule is CCOP(=O)(OCC)C1=NC(C)=CC=CC1. The molecule has 0 unspecified atom stereocenters. The monoisotopic (exact) mass is 243 g/mol. The molecule has 0 bridgehead atoms. The second-order valence-electron chi connectivity index (χ2n) is 3.30. The lowest BCUT2D eigenvalue weighted by Crippen LogP contribution is -2.06. The maximum absolute atomic E-state index is 12.4. The normalized spacial score (nSPS) is 16.7. The Balaban J connectivity index is 2.99. The molecule has 0 aliphatic carbocycles. The highest BCUT2D eigenvalue weighted by molar-refractivity contribution is 7.72. The first-order valence-corrected chi connectivity index (χ1v) is 6.97. The summed E-state index contributed by atoms with van der Waals surface area (Å²) in [5, 5.41) is 0. The van der Waals surface area contributed by atoms with Gasteiger partial charge >= 0.3 is 7.60 Å². The topological polar surface area (TPSA) is 47.9 Å². The first kappa shape index (κ1) is 13.4. The van der Waals surface area contributed by atoms with E-state index in [-0.39, 0.29) is 0 Å². The zero-order valence-electron chi connectivity index (χ0n) is 9.97. The van der Waals surface area contributed by atoms with Crippen molar-refractivity contribution in [3.63, 3.8) is 0 Å². The van der Waals surface area contributed by atoms with Gasteiger partial charge in [0.05, 0.1) is 13.2 Å². The fourth-order valence-corrected chi connectivity index (χ4v) is 3.03. The van der Waals surface area contributed by atoms with Crippen molar-refractivity contribution in [2.75, 3.05) is 13.2 Å². The van der Waals surface area contributed by atoms with Crippen molar-refractivity contribution in [2.45, 2.75) is 27.2 Å². The Morgan fingerprint density at radius 3 is 2.56 bits per heavy atom. The second kappa shape index (κ2) is 6.14. The van der Waals surface area contributed by atoms with E-state index in [9.17, 15) is 4.57 Å². The Labute approximate surface area is 96.6 Å². The third kappa shape index (κ3) is 3.41. The van der Waals surface area contributed by atoms with Crippen LogP contribution in [0.25, 0.3) is 0 Å². The number of aliphatic imine (C=N–C) groups is 1. The van der Waals surface area contributed by atoms with Gasteiger partial charge in [-0.05, 0) is 26.8 Å². The summed E-state index contributed by atoms with van der Waals surface area (Å²) >= 11 is 0. The molecular weight excluding hydrogens is 225 g/mol. The van der Waals surface area contributed by atoms with Crippen LogP contribution in [0.5, 0.6) is 0 Å². The molecule has 16 heavy (non-hydrogen) atoms. The molecule has 0 saturated carbocycles. The summed E-state index contributed by atoms with van der Waals surface area (Å²) < 4.78 is 22.9. The minimum Gasteiger partial charge on any atom is -0.305 e. The van der Waals surface area contributed by atoms with E-state index in [0.717, 1.165) is 5.70 Å². The molecule has 1 rings (SSSR count). The van der Waals surface area contributed by atoms with Crippen molar-refractivity contribution in [1.29, 1.82) is 0 Å². The number of rotatable bonds is 5. The van der Waals surface area contributed by atoms with Crippen LogP contribution in [0.2, 0.25) is 0 Å². The fraction of sp³-hybridized carbons (Fsp3) is 0.545. The predicted octanol–water partition coefficient (Wildman–Crippen LogP) is 3.51. The van der Waals surface area contributed by atoms with Gasteiger partial charge < -0.3 is 9.05 Å². The van der Waals surface area contributed by atoms with E-state index in [1.807, 2.05) is 25.2 Å². The zero-order chi connectivity index (χ0) is 12.0. The molecule has 1 heterocycles. The third-order valence-corrected chi connectivity index (χ3v) is 4.10. The summed E-state index contributed by atoms with van der Waals surface area (Å²) in [6.07, 6.45) is 6.18. The summed E-state index contributed by atoms with van der Waals surface area (Å²) in [6, 6.07) is 0. The molecule has 4 nitrogen and oxygen atoms in total. The van der Waals surface area contributed by atoms with Crippen LogP contribution in [-0.2, 0) is 13.6 Å². The number of allylic oxidation sites excluding steroid dienone is 4. The Morgan fingerprint density at radius 2 is 2.00 bits per heavy atom. The Kier molecular flexibility index (Phi) is 5.13. The average Bonchev–Trinajstić information content (AvgIpc) is 2.44. The van der Waals surface area contributed by atoms with E-state index < -0.39 is 7.60 Å². The van der Waals surface area contributed by atoms with Gasteiger partial charge in [-0.2, -0.15) is 0 Å². The molecule has 0 aromatic carbocycles. The summed E-state index contributed by atoms with van der Waals surface area (Å²) in [5.74, 6) is 0. The van der Waals surface area contributed by atoms with Crippen molar-refractivity contribution in [3.8, 4) is 0 Å². The maximum atomic E-state index is 12.4. The predicted molar refractivity (Wildman–Crippen MR) is 65.8 cm³/mol. The lowest BCUT2D eigenvalue weighted by molar-refractivity contribution is 0.232. The fourth-order valence-electron chi connectivity index (χ4n) is 1.37. The molecule has 0 fully saturated rings. The van der Waals surface area contributed by atoms with Crippen LogP contribution < -0.4 is 0 Å². The summed E-state index contributed by atoms with van der Waals surface area (Å²) in [4.78, 5) is 4.29. The van der Waals surface area contributed by atoms with Gasteiger partial charge in [0, 0.05) is 12.1 Å². The van der Waals surface area contributed by atoms with Gasteiger partial charge in [-0.25, -0.2) is 4.99 Å². The highest BCUT2D eigenvalue weighted by Gasteiger charge is 2.30. The van der Waals surface area contributed by atoms with Gasteiger partial charge in [0.1, 0.15) is 5.45 Å². The van der Waals surface area contributed by atoms with Crippen LogP contribution >= 0.6 is 7.60 Å². The lowest BCUT2D eigenvalue weighted by atomic mass is 10.4. The van der Waals surface area contributed by atoms with E-state index in [0.29, 0.717) is 25.1 Å². The van der Waals surface area contributed by atoms with Crippen LogP contribution in [0.4, 0.5) is 0 Å². The molecule has 0 radical (unpaired) electrons. The van der Waals surface area contributed by atoms with Crippen LogP contribution in [0.3, 0.4) is 0 Å². The summed E-state index contributed by atoms with van der Waals surface area (Å²) in [6.45, 7) is 6.15. The minimum atomic E-state index is -3.20. The van der Waals surface area contributed by atoms with Gasteiger partial charge in [-0.15, -0.1) is 0 Å². The van der Waals surface area contributed by atoms with E-state index in [4.69, 9.17) is 9.05 Å². The third-order valence-electron chi connectivity index (χ3n) is 1.99. The van der Waals surface area contributed by atoms with Crippen molar-refractivity contribution in [2.24, 2.45) is 4.99 Å². The first-order chi connectivity index (χ1) is 7.62. The molecule has 90 valence electrons. The van der Waals surface area contributed by atoms with E-state index in [2.05, 4.69) is 4.99 Å². The van der Waals surface area contributed by atoms with Crippen LogP contribution in [0.1, 0.15) is 27.2 Å². The summed E-state index contributed by atoms with van der Waals surface area (Å²) in [7, 11) is -3.20. The number of hydrogen-bond acceptors (Lipinski definition) is 4. The Morgan fingerprint density at radius 1 is 1.38 bits per heavy atom. The lowest BCUT2D eigenvalue weighted by Gasteiger charge is -2.17. The second-order valence-corrected chi connectivity index (χ2v) is 5.33. The molecule has 0 N–H and O–H groups in total. The molecule has 0 amide bonds. The van der Waals surface area contributed by atoms with Crippen molar-refractivity contribution in [3.05, 3.63) is 23.9 Å². The average molecular weight is 243 g/mol. The molecule has 1 aliphatic heterocycles. The molecule has 0 spiro atoms. The first-order valence-electron chi connectivity index (χ1n) is 5.43. The quantitative estimate of drug-likeness (QED) is 0.694. The highest BCUT2D eigenvalue weighted by atomic mass is 31.2. The van der Waals surface area contributed by atoms with Crippen molar-refractivity contribution < 1.29 is 13.6 Å². The minimum absolute atomic E-state index is 0.350. The smallest absolute Gasteiger partial charge is 0.305 e. The molecule has 0 aromatic rings. The van der Waals surface area contributed by atoms with E-state index in [1.165, 1.54) is 0 Å². The van der Waals surface area contributed by atoms with Crippen LogP contribution in [0.15, 0.2) is 28.9 Å². The van der Waals surface area contributed by atoms with Crippen molar-refractivity contribution in [1.82, 2.24) is 0 Å². The highest BCUT2D eigenvalue weighted by Crippen LogP contribution is 2.51. The summed E-state index contributed by atoms with van der Waals surface area (Å²) in [5.41, 5.74) is 1.29. The standard InChI is InChI=1S/C11H18NO3P/c1-4-14-16(13,15-5-2)11-9-7-6-8-10(3)12-11/h6-8H,4-5,9H2,1-3H3. The molecule has 0 atom stereocenters.